The summed E-state index contributed by atoms with van der Waals surface area (Å²) < 4.78 is 0. The Morgan fingerprint density at radius 1 is 1.40 bits per heavy atom. The molecule has 0 aromatic carbocycles. The minimum absolute atomic E-state index is 0.137. The lowest BCUT2D eigenvalue weighted by Crippen LogP contribution is -2.44. The molecular formula is C9H20N4O2. The third kappa shape index (κ3) is 6.87. The predicted octanol–water partition coefficient (Wildman–Crippen LogP) is -1.000. The van der Waals surface area contributed by atoms with Gasteiger partial charge in [-0.3, -0.25) is 20.9 Å². The Morgan fingerprint density at radius 2 is 2.07 bits per heavy atom. The molecular weight excluding hydrogens is 196 g/mol. The predicted molar refractivity (Wildman–Crippen MR) is 57.5 cm³/mol. The second-order valence-electron chi connectivity index (χ2n) is 3.37. The van der Waals surface area contributed by atoms with E-state index in [9.17, 15) is 9.59 Å². The molecule has 0 rings (SSSR count). The Labute approximate surface area is 89.7 Å². The van der Waals surface area contributed by atoms with E-state index in [0.29, 0.717) is 25.8 Å². The van der Waals surface area contributed by atoms with Crippen molar-refractivity contribution in [1.82, 2.24) is 10.7 Å². The van der Waals surface area contributed by atoms with Gasteiger partial charge in [0.2, 0.25) is 11.8 Å². The summed E-state index contributed by atoms with van der Waals surface area (Å²) in [6.45, 7) is 2.49. The quantitative estimate of drug-likeness (QED) is 0.237. The van der Waals surface area contributed by atoms with Gasteiger partial charge in [-0.2, -0.15) is 0 Å². The summed E-state index contributed by atoms with van der Waals surface area (Å²) in [5, 5.41) is 2.59. The van der Waals surface area contributed by atoms with Crippen LogP contribution in [-0.4, -0.2) is 24.4 Å². The van der Waals surface area contributed by atoms with E-state index in [4.69, 9.17) is 11.6 Å². The Balaban J connectivity index is 3.93. The highest BCUT2D eigenvalue weighted by molar-refractivity contribution is 5.86. The van der Waals surface area contributed by atoms with Crippen molar-refractivity contribution >= 4 is 11.8 Å². The Bertz CT molecular complexity index is 208. The summed E-state index contributed by atoms with van der Waals surface area (Å²) in [5.74, 6) is 4.45. The monoisotopic (exact) mass is 216 g/mol. The first-order chi connectivity index (χ1) is 7.11. The molecule has 0 spiro atoms. The number of primary amides is 1. The summed E-state index contributed by atoms with van der Waals surface area (Å²) in [5.41, 5.74) is 7.63. The summed E-state index contributed by atoms with van der Waals surface area (Å²) in [7, 11) is 0. The maximum absolute atomic E-state index is 11.2. The van der Waals surface area contributed by atoms with E-state index in [-0.39, 0.29) is 5.91 Å². The average molecular weight is 216 g/mol. The van der Waals surface area contributed by atoms with Crippen LogP contribution in [0.2, 0.25) is 0 Å². The smallest absolute Gasteiger partial charge is 0.240 e. The van der Waals surface area contributed by atoms with Gasteiger partial charge in [0.05, 0.1) is 0 Å². The van der Waals surface area contributed by atoms with Crippen molar-refractivity contribution in [3.05, 3.63) is 0 Å². The van der Waals surface area contributed by atoms with Gasteiger partial charge in [-0.05, 0) is 19.3 Å². The molecule has 1 atom stereocenters. The molecule has 6 nitrogen and oxygen atoms in total. The zero-order valence-electron chi connectivity index (χ0n) is 9.08. The van der Waals surface area contributed by atoms with Gasteiger partial charge in [0.1, 0.15) is 6.04 Å². The SMILES string of the molecule is CCCC(=O)N[C@@H](CCCNN)C(N)=O. The fourth-order valence-electron chi connectivity index (χ4n) is 1.19. The normalized spacial score (nSPS) is 12.1. The summed E-state index contributed by atoms with van der Waals surface area (Å²) >= 11 is 0. The Kier molecular flexibility index (Phi) is 7.57. The van der Waals surface area contributed by atoms with E-state index >= 15 is 0 Å². The fourth-order valence-corrected chi connectivity index (χ4v) is 1.19. The third-order valence-corrected chi connectivity index (χ3v) is 1.97. The molecule has 0 fully saturated rings. The molecule has 6 heteroatoms. The summed E-state index contributed by atoms with van der Waals surface area (Å²) in [6, 6.07) is -0.586. The van der Waals surface area contributed by atoms with Crippen molar-refractivity contribution in [2.45, 2.75) is 38.6 Å². The number of amides is 2. The molecule has 0 aliphatic rings. The molecule has 0 heterocycles. The van der Waals surface area contributed by atoms with Crippen LogP contribution in [0.5, 0.6) is 0 Å². The van der Waals surface area contributed by atoms with Crippen molar-refractivity contribution < 1.29 is 9.59 Å². The standard InChI is InChI=1S/C9H20N4O2/c1-2-4-8(14)13-7(9(10)15)5-3-6-12-11/h7,12H,2-6,11H2,1H3,(H2,10,15)(H,13,14)/t7-/m0/s1. The molecule has 0 saturated carbocycles. The number of nitrogens with one attached hydrogen (secondary N) is 2. The largest absolute Gasteiger partial charge is 0.368 e. The van der Waals surface area contributed by atoms with Crippen molar-refractivity contribution in [3.8, 4) is 0 Å². The van der Waals surface area contributed by atoms with Gasteiger partial charge in [-0.25, -0.2) is 0 Å². The molecule has 0 radical (unpaired) electrons. The zero-order valence-corrected chi connectivity index (χ0v) is 9.08. The number of nitrogens with two attached hydrogens (primary N) is 2. The first-order valence-corrected chi connectivity index (χ1v) is 5.14. The second-order valence-corrected chi connectivity index (χ2v) is 3.37. The van der Waals surface area contributed by atoms with Crippen LogP contribution in [-0.2, 0) is 9.59 Å². The number of hydrazine groups is 1. The van der Waals surface area contributed by atoms with E-state index in [1.54, 1.807) is 0 Å². The highest BCUT2D eigenvalue weighted by Gasteiger charge is 2.16. The van der Waals surface area contributed by atoms with Crippen LogP contribution in [0.25, 0.3) is 0 Å². The van der Waals surface area contributed by atoms with Crippen molar-refractivity contribution in [3.63, 3.8) is 0 Å². The van der Waals surface area contributed by atoms with Crippen LogP contribution in [0, 0.1) is 0 Å². The minimum Gasteiger partial charge on any atom is -0.368 e. The van der Waals surface area contributed by atoms with Crippen LogP contribution >= 0.6 is 0 Å². The van der Waals surface area contributed by atoms with Crippen molar-refractivity contribution in [2.24, 2.45) is 11.6 Å². The van der Waals surface area contributed by atoms with Gasteiger partial charge in [0.15, 0.2) is 0 Å². The Morgan fingerprint density at radius 3 is 2.53 bits per heavy atom. The maximum Gasteiger partial charge on any atom is 0.240 e. The topological polar surface area (TPSA) is 110 Å². The molecule has 15 heavy (non-hydrogen) atoms. The van der Waals surface area contributed by atoms with Crippen molar-refractivity contribution in [1.29, 1.82) is 0 Å². The lowest BCUT2D eigenvalue weighted by Gasteiger charge is -2.14. The number of carbonyl (C=O) groups is 2. The van der Waals surface area contributed by atoms with Gasteiger partial charge in [-0.15, -0.1) is 0 Å². The first kappa shape index (κ1) is 13.9. The van der Waals surface area contributed by atoms with E-state index in [1.165, 1.54) is 0 Å². The second kappa shape index (κ2) is 8.19. The lowest BCUT2D eigenvalue weighted by molar-refractivity contribution is -0.127. The highest BCUT2D eigenvalue weighted by Crippen LogP contribution is 1.97. The van der Waals surface area contributed by atoms with Crippen LogP contribution in [0.4, 0.5) is 0 Å². The molecule has 0 aliphatic carbocycles. The fraction of sp³-hybridized carbons (Fsp3) is 0.778. The van der Waals surface area contributed by atoms with Gasteiger partial charge in [-0.1, -0.05) is 6.92 Å². The van der Waals surface area contributed by atoms with Gasteiger partial charge in [0, 0.05) is 13.0 Å². The van der Waals surface area contributed by atoms with Crippen LogP contribution < -0.4 is 22.3 Å². The molecule has 0 unspecified atom stereocenters. The molecule has 88 valence electrons. The van der Waals surface area contributed by atoms with Gasteiger partial charge in [0.25, 0.3) is 0 Å². The van der Waals surface area contributed by atoms with Crippen LogP contribution in [0.3, 0.4) is 0 Å². The minimum atomic E-state index is -0.586. The number of hydrogen-bond donors (Lipinski definition) is 4. The molecule has 0 bridgehead atoms. The number of rotatable bonds is 8. The molecule has 6 N–H and O–H groups in total. The van der Waals surface area contributed by atoms with Gasteiger partial charge >= 0.3 is 0 Å². The lowest BCUT2D eigenvalue weighted by atomic mass is 10.1. The van der Waals surface area contributed by atoms with Crippen LogP contribution in [0.1, 0.15) is 32.6 Å². The van der Waals surface area contributed by atoms with Crippen LogP contribution in [0.15, 0.2) is 0 Å². The van der Waals surface area contributed by atoms with Crippen molar-refractivity contribution in [2.75, 3.05) is 6.54 Å². The van der Waals surface area contributed by atoms with E-state index < -0.39 is 11.9 Å². The maximum atomic E-state index is 11.2. The molecule has 0 aromatic rings. The summed E-state index contributed by atoms with van der Waals surface area (Å²) in [4.78, 5) is 22.2. The first-order valence-electron chi connectivity index (χ1n) is 5.14. The number of hydrogen-bond acceptors (Lipinski definition) is 4. The van der Waals surface area contributed by atoms with E-state index in [1.807, 2.05) is 6.92 Å². The average Bonchev–Trinajstić information content (AvgIpc) is 2.16. The summed E-state index contributed by atoms with van der Waals surface area (Å²) in [6.07, 6.45) is 2.37. The van der Waals surface area contributed by atoms with E-state index in [0.717, 1.165) is 6.42 Å². The molecule has 0 aromatic heterocycles. The molecule has 2 amide bonds. The van der Waals surface area contributed by atoms with E-state index in [2.05, 4.69) is 10.7 Å². The molecule has 0 aliphatic heterocycles. The Hall–Kier alpha value is -1.14. The number of carbonyl (C=O) groups excluding carboxylic acids is 2. The zero-order chi connectivity index (χ0) is 11.7. The third-order valence-electron chi connectivity index (χ3n) is 1.97. The highest BCUT2D eigenvalue weighted by atomic mass is 16.2. The van der Waals surface area contributed by atoms with Gasteiger partial charge < -0.3 is 11.1 Å². The molecule has 0 saturated heterocycles.